The number of ether oxygens (including phenoxy) is 2. The maximum Gasteiger partial charge on any atom is 0.259 e. The van der Waals surface area contributed by atoms with Gasteiger partial charge >= 0.3 is 0 Å². The van der Waals surface area contributed by atoms with Gasteiger partial charge in [0.25, 0.3) is 5.91 Å². The second-order valence-electron chi connectivity index (χ2n) is 15.2. The van der Waals surface area contributed by atoms with Crippen LogP contribution in [0.4, 0.5) is 0 Å². The average Bonchev–Trinajstić information content (AvgIpc) is 4.07. The van der Waals surface area contributed by atoms with E-state index in [1.54, 1.807) is 24.3 Å². The molecule has 4 fully saturated rings. The average molecular weight is 734 g/mol. The Kier molecular flexibility index (Phi) is 10.6. The van der Waals surface area contributed by atoms with E-state index in [-0.39, 0.29) is 31.2 Å². The largest absolute Gasteiger partial charge is 0.496 e. The standard InChI is InChI=1S/C39H51N5O7S/c1-3-28-23-39(28,38(47)43-52(48,49)30-15-16-30)42-35(45)32-22-29-24-44(32)37(46)34(25-12-9-7-10-13-25)40-18-11-6-4-5-8-14-27-20-31-26(21-33(27)50-2)17-19-41-36(31)51-29/h3,8,14,17,19-21,25,28-30,32,34,40H,1,4-7,9-13,15-16,18,22-24H2,2H3,(H,42,45)(H,43,47)/t28-,29-,32+,34+,39-/m1/s1. The quantitative estimate of drug-likeness (QED) is 0.335. The molecule has 13 heteroatoms. The van der Waals surface area contributed by atoms with Gasteiger partial charge in [-0.15, -0.1) is 6.58 Å². The van der Waals surface area contributed by atoms with E-state index in [1.165, 1.54) is 0 Å². The molecule has 2 aliphatic heterocycles. The van der Waals surface area contributed by atoms with Gasteiger partial charge in [-0.05, 0) is 87.4 Å². The van der Waals surface area contributed by atoms with E-state index in [9.17, 15) is 22.8 Å². The highest BCUT2D eigenvalue weighted by Gasteiger charge is 2.62. The lowest BCUT2D eigenvalue weighted by molar-refractivity contribution is -0.142. The number of methoxy groups -OCH3 is 1. The van der Waals surface area contributed by atoms with Crippen LogP contribution in [0.5, 0.6) is 11.6 Å². The SMILES string of the molecule is C=C[C@@H]1C[C@]1(NC(=O)[C@@H]1C[C@@H]2CN1C(=O)[C@H](C1CCCCC1)NCCCCCC=Cc1cc3c(nccc3cc1OC)O2)C(=O)NS(=O)(=O)C1CC1. The van der Waals surface area contributed by atoms with Crippen molar-refractivity contribution >= 4 is 44.6 Å². The number of hydrogen-bond acceptors (Lipinski definition) is 9. The molecule has 1 saturated heterocycles. The summed E-state index contributed by atoms with van der Waals surface area (Å²) in [6.45, 7) is 4.67. The smallest absolute Gasteiger partial charge is 0.259 e. The van der Waals surface area contributed by atoms with Crippen molar-refractivity contribution < 1.29 is 32.3 Å². The first-order chi connectivity index (χ1) is 25.1. The van der Waals surface area contributed by atoms with E-state index < -0.39 is 56.7 Å². The van der Waals surface area contributed by atoms with E-state index in [4.69, 9.17) is 9.47 Å². The summed E-state index contributed by atoms with van der Waals surface area (Å²) in [5.74, 6) is -0.589. The molecule has 0 spiro atoms. The van der Waals surface area contributed by atoms with Gasteiger partial charge in [-0.2, -0.15) is 0 Å². The van der Waals surface area contributed by atoms with Gasteiger partial charge in [0.05, 0.1) is 24.9 Å². The minimum absolute atomic E-state index is 0.143. The molecule has 0 unspecified atom stereocenters. The Balaban J connectivity index is 1.21. The zero-order chi connectivity index (χ0) is 36.5. The Bertz CT molecular complexity index is 1840. The van der Waals surface area contributed by atoms with E-state index >= 15 is 0 Å². The number of carbonyl (C=O) groups excluding carboxylic acids is 3. The Morgan fingerprint density at radius 3 is 2.63 bits per heavy atom. The maximum absolute atomic E-state index is 14.7. The normalized spacial score (nSPS) is 28.8. The minimum atomic E-state index is -3.84. The number of nitrogens with one attached hydrogen (secondary N) is 3. The molecule has 3 N–H and O–H groups in total. The summed E-state index contributed by atoms with van der Waals surface area (Å²) in [5.41, 5.74) is -0.554. The molecule has 12 nitrogen and oxygen atoms in total. The molecule has 280 valence electrons. The van der Waals surface area contributed by atoms with Gasteiger partial charge in [0.15, 0.2) is 0 Å². The molecule has 5 atom stereocenters. The van der Waals surface area contributed by atoms with Gasteiger partial charge in [0, 0.05) is 29.5 Å². The number of benzene rings is 1. The van der Waals surface area contributed by atoms with E-state index in [2.05, 4.69) is 39.1 Å². The van der Waals surface area contributed by atoms with Crippen molar-refractivity contribution in [2.75, 3.05) is 20.2 Å². The number of aromatic nitrogens is 1. The molecule has 3 heterocycles. The number of fused-ring (bicyclic) bond motifs is 3. The fourth-order valence-corrected chi connectivity index (χ4v) is 9.64. The van der Waals surface area contributed by atoms with Gasteiger partial charge in [0.2, 0.25) is 27.7 Å². The fraction of sp³-hybridized carbons (Fsp3) is 0.590. The zero-order valence-corrected chi connectivity index (χ0v) is 30.8. The van der Waals surface area contributed by atoms with Gasteiger partial charge in [-0.3, -0.25) is 19.1 Å². The summed E-state index contributed by atoms with van der Waals surface area (Å²) in [6, 6.07) is 4.45. The van der Waals surface area contributed by atoms with Gasteiger partial charge in [-0.25, -0.2) is 13.4 Å². The monoisotopic (exact) mass is 733 g/mol. The number of allylic oxidation sites excluding steroid dienone is 1. The molecule has 7 rings (SSSR count). The van der Waals surface area contributed by atoms with Gasteiger partial charge < -0.3 is 25.0 Å². The highest BCUT2D eigenvalue weighted by atomic mass is 32.2. The number of sulfonamides is 1. The van der Waals surface area contributed by atoms with E-state index in [0.29, 0.717) is 25.3 Å². The lowest BCUT2D eigenvalue weighted by atomic mass is 9.83. The first-order valence-corrected chi connectivity index (χ1v) is 20.5. The summed E-state index contributed by atoms with van der Waals surface area (Å²) in [5, 5.41) is 7.59. The van der Waals surface area contributed by atoms with E-state index in [1.807, 2.05) is 18.2 Å². The van der Waals surface area contributed by atoms with Crippen molar-refractivity contribution in [1.82, 2.24) is 25.2 Å². The van der Waals surface area contributed by atoms with Crippen LogP contribution < -0.4 is 24.8 Å². The molecule has 1 aromatic heterocycles. The highest BCUT2D eigenvalue weighted by Crippen LogP contribution is 2.46. The predicted molar refractivity (Wildman–Crippen MR) is 198 cm³/mol. The van der Waals surface area contributed by atoms with Crippen LogP contribution in [0.15, 0.2) is 43.1 Å². The maximum atomic E-state index is 14.7. The molecular weight excluding hydrogens is 683 g/mol. The van der Waals surface area contributed by atoms with Crippen molar-refractivity contribution in [3.63, 3.8) is 0 Å². The van der Waals surface area contributed by atoms with Gasteiger partial charge in [0.1, 0.15) is 23.4 Å². The number of amides is 3. The second-order valence-corrected chi connectivity index (χ2v) is 17.1. The predicted octanol–water partition coefficient (Wildman–Crippen LogP) is 4.39. The van der Waals surface area contributed by atoms with Crippen LogP contribution in [-0.2, 0) is 24.4 Å². The number of pyridine rings is 1. The third-order valence-corrected chi connectivity index (χ3v) is 13.4. The lowest BCUT2D eigenvalue weighted by Gasteiger charge is -2.35. The van der Waals surface area contributed by atoms with Crippen molar-refractivity contribution in [3.8, 4) is 11.6 Å². The first-order valence-electron chi connectivity index (χ1n) is 19.0. The number of nitrogens with zero attached hydrogens (tertiary/aromatic N) is 2. The number of rotatable bonds is 8. The lowest BCUT2D eigenvalue weighted by Crippen LogP contribution is -2.59. The zero-order valence-electron chi connectivity index (χ0n) is 30.0. The van der Waals surface area contributed by atoms with Crippen molar-refractivity contribution in [3.05, 3.63) is 48.7 Å². The Morgan fingerprint density at radius 2 is 1.90 bits per heavy atom. The molecular formula is C39H51N5O7S. The molecule has 5 aliphatic rings. The third kappa shape index (κ3) is 7.57. The summed E-state index contributed by atoms with van der Waals surface area (Å²) in [6.07, 6.45) is 17.3. The number of hydrogen-bond donors (Lipinski definition) is 3. The van der Waals surface area contributed by atoms with Crippen molar-refractivity contribution in [2.45, 2.75) is 112 Å². The minimum Gasteiger partial charge on any atom is -0.496 e. The van der Waals surface area contributed by atoms with Crippen LogP contribution in [0, 0.1) is 11.8 Å². The molecule has 3 amide bonds. The Hall–Kier alpha value is -3.97. The summed E-state index contributed by atoms with van der Waals surface area (Å²) >= 11 is 0. The van der Waals surface area contributed by atoms with Gasteiger partial charge in [-0.1, -0.05) is 43.9 Å². The van der Waals surface area contributed by atoms with Crippen LogP contribution in [0.2, 0.25) is 0 Å². The Morgan fingerprint density at radius 1 is 1.12 bits per heavy atom. The molecule has 2 aromatic rings. The molecule has 1 aromatic carbocycles. The molecule has 4 bridgehead atoms. The van der Waals surface area contributed by atoms with Crippen LogP contribution in [0.3, 0.4) is 0 Å². The van der Waals surface area contributed by atoms with Crippen molar-refractivity contribution in [2.24, 2.45) is 11.8 Å². The summed E-state index contributed by atoms with van der Waals surface area (Å²) in [7, 11) is -2.19. The van der Waals surface area contributed by atoms with E-state index in [0.717, 1.165) is 79.9 Å². The first kappa shape index (κ1) is 36.4. The Labute approximate surface area is 306 Å². The number of carbonyl (C=O) groups is 3. The summed E-state index contributed by atoms with van der Waals surface area (Å²) in [4.78, 5) is 48.9. The molecule has 0 radical (unpaired) electrons. The fourth-order valence-electron chi connectivity index (χ4n) is 8.28. The molecule has 52 heavy (non-hydrogen) atoms. The highest BCUT2D eigenvalue weighted by molar-refractivity contribution is 7.91. The third-order valence-electron chi connectivity index (χ3n) is 11.6. The molecule has 3 aliphatic carbocycles. The van der Waals surface area contributed by atoms with Crippen LogP contribution in [0.1, 0.15) is 89.0 Å². The summed E-state index contributed by atoms with van der Waals surface area (Å²) < 4.78 is 40.0. The molecule has 3 saturated carbocycles. The van der Waals surface area contributed by atoms with Crippen molar-refractivity contribution in [1.29, 1.82) is 0 Å². The topological polar surface area (TPSA) is 156 Å². The van der Waals surface area contributed by atoms with Crippen LogP contribution in [0.25, 0.3) is 16.8 Å². The second kappa shape index (κ2) is 15.2. The van der Waals surface area contributed by atoms with Crippen LogP contribution >= 0.6 is 0 Å². The van der Waals surface area contributed by atoms with Crippen LogP contribution in [-0.4, -0.2) is 85.2 Å².